The van der Waals surface area contributed by atoms with E-state index in [9.17, 15) is 9.59 Å². The minimum Gasteiger partial charge on any atom is -0.457 e. The molecule has 314 valence electrons. The Balaban J connectivity index is 0.780. The number of benzene rings is 2. The molecule has 3 fully saturated rings. The average Bonchev–Trinajstić information content (AvgIpc) is 3.91. The molecule has 9 rings (SSSR count). The number of piperidine rings is 1. The van der Waals surface area contributed by atoms with Gasteiger partial charge in [-0.15, -0.1) is 0 Å². The molecule has 0 radical (unpaired) electrons. The quantitative estimate of drug-likeness (QED) is 0.127. The van der Waals surface area contributed by atoms with Crippen LogP contribution in [0.25, 0.3) is 22.0 Å². The van der Waals surface area contributed by atoms with Crippen LogP contribution < -0.4 is 9.64 Å². The zero-order valence-electron chi connectivity index (χ0n) is 34.4. The summed E-state index contributed by atoms with van der Waals surface area (Å²) in [4.78, 5) is 45.4. The lowest BCUT2D eigenvalue weighted by molar-refractivity contribution is 0.0122. The number of ether oxygens (including phenoxy) is 3. The lowest BCUT2D eigenvalue weighted by Crippen LogP contribution is -2.57. The van der Waals surface area contributed by atoms with Gasteiger partial charge in [0.25, 0.3) is 0 Å². The Hall–Kier alpha value is -5.43. The molecule has 4 aliphatic rings. The van der Waals surface area contributed by atoms with Gasteiger partial charge < -0.3 is 28.6 Å². The summed E-state index contributed by atoms with van der Waals surface area (Å²) in [5.41, 5.74) is 5.26. The summed E-state index contributed by atoms with van der Waals surface area (Å²) in [5.74, 6) is 0.347. The van der Waals surface area contributed by atoms with Gasteiger partial charge in [0.15, 0.2) is 11.0 Å². The Morgan fingerprint density at radius 2 is 1.57 bits per heavy atom. The fourth-order valence-corrected chi connectivity index (χ4v) is 9.71. The predicted molar refractivity (Wildman–Crippen MR) is 227 cm³/mol. The number of rotatable bonds is 10. The van der Waals surface area contributed by atoms with Crippen molar-refractivity contribution in [2.24, 2.45) is 5.92 Å². The molecule has 60 heavy (non-hydrogen) atoms. The number of aromatic nitrogens is 4. The summed E-state index contributed by atoms with van der Waals surface area (Å²) in [5, 5.41) is 0.159. The van der Waals surface area contributed by atoms with Crippen LogP contribution in [0.5, 0.6) is 6.01 Å². The highest BCUT2D eigenvalue weighted by Gasteiger charge is 2.45. The first-order chi connectivity index (χ1) is 29.0. The summed E-state index contributed by atoms with van der Waals surface area (Å²) in [7, 11) is 0. The van der Waals surface area contributed by atoms with Crippen LogP contribution in [0.3, 0.4) is 0 Å². The molecular weight excluding hydrogens is 785 g/mol. The van der Waals surface area contributed by atoms with Crippen LogP contribution >= 0.6 is 11.6 Å². The van der Waals surface area contributed by atoms with Crippen molar-refractivity contribution in [2.45, 2.75) is 96.1 Å². The minimum absolute atomic E-state index is 0.0384. The van der Waals surface area contributed by atoms with E-state index in [0.717, 1.165) is 50.8 Å². The molecule has 6 heterocycles. The van der Waals surface area contributed by atoms with Gasteiger partial charge in [0.1, 0.15) is 30.1 Å². The van der Waals surface area contributed by atoms with Crippen molar-refractivity contribution in [3.8, 4) is 17.1 Å². The second-order valence-electron chi connectivity index (χ2n) is 17.5. The normalized spacial score (nSPS) is 19.1. The molecule has 3 saturated heterocycles. The number of likely N-dealkylation sites (tertiary alicyclic amines) is 1. The number of hydrogen-bond acceptors (Lipinski definition) is 9. The summed E-state index contributed by atoms with van der Waals surface area (Å²) >= 11 is 6.12. The molecule has 0 saturated carbocycles. The summed E-state index contributed by atoms with van der Waals surface area (Å²) in [6.07, 6.45) is 8.57. The maximum absolute atomic E-state index is 15.5. The van der Waals surface area contributed by atoms with Gasteiger partial charge in [-0.25, -0.2) is 19.0 Å². The third kappa shape index (κ3) is 8.08. The van der Waals surface area contributed by atoms with E-state index in [1.54, 1.807) is 0 Å². The van der Waals surface area contributed by atoms with Crippen molar-refractivity contribution >= 4 is 40.5 Å². The standard InChI is InChI=1S/C46H51ClFN7O5/c1-46(2,3)60-45(57)55-30-16-17-31(55)26-54(25-30)42-37-24-49-41(47)39(48)40(37)50-43(51-42)58-27-32-11-9-21-52(32)20-8-10-29-18-22-53(23-19-29)44(56)59-28-38-35-14-6-4-12-33(35)34-13-5-7-15-36(34)38/h4-7,9,11-15,21,24,29-31,38H,8,10,16-20,22-23,25-28H2,1-3H3. The number of fused-ring (bicyclic) bond motifs is 6. The molecule has 0 N–H and O–H groups in total. The van der Waals surface area contributed by atoms with Crippen LogP contribution in [0.2, 0.25) is 5.15 Å². The number of carbonyl (C=O) groups excluding carboxylic acids is 2. The van der Waals surface area contributed by atoms with Crippen LogP contribution in [-0.4, -0.2) is 92.0 Å². The largest absolute Gasteiger partial charge is 0.457 e. The van der Waals surface area contributed by atoms with Gasteiger partial charge in [-0.3, -0.25) is 4.90 Å². The molecule has 1 aliphatic carbocycles. The number of amides is 2. The number of nitrogens with zero attached hydrogens (tertiary/aromatic N) is 7. The van der Waals surface area contributed by atoms with Gasteiger partial charge in [0.05, 0.1) is 23.2 Å². The van der Waals surface area contributed by atoms with Crippen LogP contribution in [-0.2, 0) is 22.6 Å². The number of anilines is 1. The number of aryl methyl sites for hydroxylation is 1. The highest BCUT2D eigenvalue weighted by atomic mass is 35.5. The number of piperazine rings is 1. The van der Waals surface area contributed by atoms with E-state index < -0.39 is 11.4 Å². The third-order valence-electron chi connectivity index (χ3n) is 12.5. The minimum atomic E-state index is -0.731. The summed E-state index contributed by atoms with van der Waals surface area (Å²) in [6.45, 7) is 9.32. The Labute approximate surface area is 354 Å². The number of hydrogen-bond donors (Lipinski definition) is 0. The zero-order chi connectivity index (χ0) is 41.5. The zero-order valence-corrected chi connectivity index (χ0v) is 35.1. The molecule has 5 aromatic rings. The van der Waals surface area contributed by atoms with E-state index in [-0.39, 0.29) is 53.5 Å². The Morgan fingerprint density at radius 1 is 0.883 bits per heavy atom. The molecule has 2 aromatic carbocycles. The van der Waals surface area contributed by atoms with E-state index in [0.29, 0.717) is 49.9 Å². The first-order valence-electron chi connectivity index (χ1n) is 21.2. The second kappa shape index (κ2) is 16.6. The maximum atomic E-state index is 15.5. The molecule has 2 bridgehead atoms. The molecule has 14 heteroatoms. The SMILES string of the molecule is CC(C)(C)OC(=O)N1C2CCC1CN(c1nc(OCc3cccn3CCCC3CCN(C(=O)OCC4c5ccccc5-c5ccccc54)CC3)nc3c(F)c(Cl)ncc13)C2. The highest BCUT2D eigenvalue weighted by Crippen LogP contribution is 2.45. The van der Waals surface area contributed by atoms with E-state index in [2.05, 4.69) is 55.8 Å². The Kier molecular flexibility index (Phi) is 11.0. The van der Waals surface area contributed by atoms with Crippen molar-refractivity contribution in [3.05, 3.63) is 101 Å². The smallest absolute Gasteiger partial charge is 0.410 e. The molecule has 3 aromatic heterocycles. The monoisotopic (exact) mass is 835 g/mol. The van der Waals surface area contributed by atoms with Gasteiger partial charge in [0, 0.05) is 51.0 Å². The fraction of sp³-hybridized carbons (Fsp3) is 0.457. The highest BCUT2D eigenvalue weighted by molar-refractivity contribution is 6.30. The number of halogens is 2. The van der Waals surface area contributed by atoms with E-state index in [1.807, 2.05) is 61.0 Å². The Morgan fingerprint density at radius 3 is 2.25 bits per heavy atom. The molecule has 3 aliphatic heterocycles. The van der Waals surface area contributed by atoms with Crippen LogP contribution in [0.4, 0.5) is 19.8 Å². The lowest BCUT2D eigenvalue weighted by atomic mass is 9.92. The predicted octanol–water partition coefficient (Wildman–Crippen LogP) is 9.23. The van der Waals surface area contributed by atoms with E-state index in [4.69, 9.17) is 30.8 Å². The van der Waals surface area contributed by atoms with Gasteiger partial charge in [-0.05, 0) is 99.6 Å². The van der Waals surface area contributed by atoms with Gasteiger partial charge in [-0.2, -0.15) is 9.97 Å². The van der Waals surface area contributed by atoms with Gasteiger partial charge >= 0.3 is 18.2 Å². The third-order valence-corrected chi connectivity index (χ3v) is 12.7. The Bertz CT molecular complexity index is 2340. The van der Waals surface area contributed by atoms with Crippen LogP contribution in [0.1, 0.15) is 82.0 Å². The molecular formula is C46H51ClFN7O5. The number of pyridine rings is 1. The van der Waals surface area contributed by atoms with Gasteiger partial charge in [-0.1, -0.05) is 60.1 Å². The van der Waals surface area contributed by atoms with E-state index >= 15 is 4.39 Å². The van der Waals surface area contributed by atoms with Gasteiger partial charge in [0.2, 0.25) is 0 Å². The van der Waals surface area contributed by atoms with Crippen molar-refractivity contribution in [1.82, 2.24) is 29.3 Å². The second-order valence-corrected chi connectivity index (χ2v) is 17.8. The van der Waals surface area contributed by atoms with Crippen LogP contribution in [0, 0.1) is 11.7 Å². The average molecular weight is 836 g/mol. The summed E-state index contributed by atoms with van der Waals surface area (Å²) in [6, 6.07) is 20.7. The lowest BCUT2D eigenvalue weighted by Gasteiger charge is -2.42. The van der Waals surface area contributed by atoms with Crippen molar-refractivity contribution < 1.29 is 28.2 Å². The van der Waals surface area contributed by atoms with Crippen LogP contribution in [0.15, 0.2) is 73.1 Å². The first kappa shape index (κ1) is 40.0. The molecule has 2 unspecified atom stereocenters. The molecule has 2 atom stereocenters. The number of carbonyl (C=O) groups is 2. The maximum Gasteiger partial charge on any atom is 0.410 e. The van der Waals surface area contributed by atoms with Crippen molar-refractivity contribution in [3.63, 3.8) is 0 Å². The topological polar surface area (TPSA) is 115 Å². The summed E-state index contributed by atoms with van der Waals surface area (Å²) < 4.78 is 35.5. The van der Waals surface area contributed by atoms with Crippen molar-refractivity contribution in [2.75, 3.05) is 37.7 Å². The molecule has 12 nitrogen and oxygen atoms in total. The molecule has 2 amide bonds. The fourth-order valence-electron chi connectivity index (χ4n) is 9.57. The first-order valence-corrected chi connectivity index (χ1v) is 21.5. The van der Waals surface area contributed by atoms with Crippen molar-refractivity contribution in [1.29, 1.82) is 0 Å². The molecule has 0 spiro atoms. The van der Waals surface area contributed by atoms with E-state index in [1.165, 1.54) is 28.5 Å².